The first-order valence-electron chi connectivity index (χ1n) is 6.37. The fourth-order valence-electron chi connectivity index (χ4n) is 2.01. The van der Waals surface area contributed by atoms with E-state index in [9.17, 15) is 9.59 Å². The Morgan fingerprint density at radius 1 is 1.47 bits per heavy atom. The van der Waals surface area contributed by atoms with Crippen LogP contribution in [0.1, 0.15) is 30.6 Å². The number of fused-ring (bicyclic) bond motifs is 1. The number of anilines is 1. The number of hydrogen-bond acceptors (Lipinski definition) is 4. The minimum absolute atomic E-state index is 0.0365. The number of Topliss-reactive ketones (excluding diaryl/α,β-unsaturated/α-hetero) is 1. The summed E-state index contributed by atoms with van der Waals surface area (Å²) in [5.41, 5.74) is 6.45. The van der Waals surface area contributed by atoms with Crippen LogP contribution in [0.15, 0.2) is 18.2 Å². The molecule has 0 radical (unpaired) electrons. The Bertz CT molecular complexity index is 511. The van der Waals surface area contributed by atoms with E-state index in [1.165, 1.54) is 0 Å². The van der Waals surface area contributed by atoms with Crippen molar-refractivity contribution < 1.29 is 14.3 Å². The molecule has 0 saturated carbocycles. The maximum absolute atomic E-state index is 11.9. The summed E-state index contributed by atoms with van der Waals surface area (Å²) in [6.45, 7) is 4.16. The molecular formula is C14H18N2O3. The van der Waals surface area contributed by atoms with Gasteiger partial charge in [-0.15, -0.1) is 0 Å². The predicted molar refractivity (Wildman–Crippen MR) is 72.3 cm³/mol. The highest BCUT2D eigenvalue weighted by atomic mass is 16.5. The topological polar surface area (TPSA) is 81.4 Å². The fourth-order valence-corrected chi connectivity index (χ4v) is 2.01. The van der Waals surface area contributed by atoms with Gasteiger partial charge < -0.3 is 15.8 Å². The molecule has 1 aromatic carbocycles. The van der Waals surface area contributed by atoms with E-state index in [0.29, 0.717) is 30.0 Å². The second-order valence-electron chi connectivity index (χ2n) is 4.94. The van der Waals surface area contributed by atoms with Crippen LogP contribution in [0.3, 0.4) is 0 Å². The number of nitrogens with two attached hydrogens (primary N) is 1. The highest BCUT2D eigenvalue weighted by Gasteiger charge is 2.30. The van der Waals surface area contributed by atoms with Crippen molar-refractivity contribution in [3.05, 3.63) is 23.8 Å². The predicted octanol–water partition coefficient (Wildman–Crippen LogP) is 1.57. The molecule has 2 rings (SSSR count). The Labute approximate surface area is 112 Å². The average Bonchev–Trinajstić information content (AvgIpc) is 2.37. The minimum Gasteiger partial charge on any atom is -0.478 e. The number of hydrogen-bond donors (Lipinski definition) is 2. The van der Waals surface area contributed by atoms with E-state index in [2.05, 4.69) is 5.32 Å². The third-order valence-corrected chi connectivity index (χ3v) is 3.05. The number of nitrogens with one attached hydrogen (secondary N) is 1. The van der Waals surface area contributed by atoms with Crippen LogP contribution in [-0.4, -0.2) is 24.3 Å². The summed E-state index contributed by atoms with van der Waals surface area (Å²) in [5.74, 6) is 0.478. The molecule has 3 N–H and O–H groups in total. The van der Waals surface area contributed by atoms with Crippen molar-refractivity contribution in [2.75, 3.05) is 11.9 Å². The van der Waals surface area contributed by atoms with Crippen molar-refractivity contribution in [3.63, 3.8) is 0 Å². The number of rotatable bonds is 4. The lowest BCUT2D eigenvalue weighted by Gasteiger charge is -2.28. The molecule has 0 aromatic heterocycles. The first-order chi connectivity index (χ1) is 9.02. The third kappa shape index (κ3) is 2.76. The first-order valence-corrected chi connectivity index (χ1v) is 6.37. The smallest absolute Gasteiger partial charge is 0.265 e. The van der Waals surface area contributed by atoms with Gasteiger partial charge in [0, 0.05) is 12.0 Å². The van der Waals surface area contributed by atoms with Crippen LogP contribution in [0, 0.1) is 5.92 Å². The van der Waals surface area contributed by atoms with Gasteiger partial charge in [-0.3, -0.25) is 9.59 Å². The number of carbonyl (C=O) groups excluding carboxylic acids is 2. The summed E-state index contributed by atoms with van der Waals surface area (Å²) in [6, 6.07) is 5.06. The largest absolute Gasteiger partial charge is 0.478 e. The number of ether oxygens (including phenoxy) is 1. The number of amides is 1. The van der Waals surface area contributed by atoms with Crippen LogP contribution in [-0.2, 0) is 4.79 Å². The first kappa shape index (κ1) is 13.5. The molecule has 1 aliphatic heterocycles. The molecule has 102 valence electrons. The molecular weight excluding hydrogens is 244 g/mol. The lowest BCUT2D eigenvalue weighted by molar-refractivity contribution is -0.125. The monoisotopic (exact) mass is 262 g/mol. The van der Waals surface area contributed by atoms with E-state index in [4.69, 9.17) is 10.5 Å². The van der Waals surface area contributed by atoms with Crippen molar-refractivity contribution in [1.29, 1.82) is 0 Å². The molecule has 1 aliphatic rings. The van der Waals surface area contributed by atoms with Gasteiger partial charge in [0.15, 0.2) is 11.9 Å². The van der Waals surface area contributed by atoms with Crippen LogP contribution >= 0.6 is 0 Å². The van der Waals surface area contributed by atoms with E-state index in [0.717, 1.165) is 0 Å². The molecule has 1 atom stereocenters. The molecule has 1 aromatic rings. The molecule has 5 nitrogen and oxygen atoms in total. The van der Waals surface area contributed by atoms with Crippen LogP contribution in [0.2, 0.25) is 0 Å². The molecule has 0 bridgehead atoms. The van der Waals surface area contributed by atoms with Crippen LogP contribution in [0.5, 0.6) is 5.75 Å². The van der Waals surface area contributed by atoms with E-state index < -0.39 is 6.10 Å². The van der Waals surface area contributed by atoms with Gasteiger partial charge >= 0.3 is 0 Å². The van der Waals surface area contributed by atoms with E-state index >= 15 is 0 Å². The summed E-state index contributed by atoms with van der Waals surface area (Å²) in [6.07, 6.45) is -0.194. The summed E-state index contributed by atoms with van der Waals surface area (Å²) in [5, 5.41) is 2.78. The van der Waals surface area contributed by atoms with Crippen molar-refractivity contribution in [1.82, 2.24) is 0 Å². The minimum atomic E-state index is -0.488. The summed E-state index contributed by atoms with van der Waals surface area (Å²) >= 11 is 0. The van der Waals surface area contributed by atoms with Gasteiger partial charge in [0.05, 0.1) is 5.69 Å². The van der Waals surface area contributed by atoms with Crippen molar-refractivity contribution in [2.45, 2.75) is 26.4 Å². The zero-order valence-corrected chi connectivity index (χ0v) is 11.1. The van der Waals surface area contributed by atoms with Gasteiger partial charge in [-0.1, -0.05) is 13.8 Å². The molecule has 0 spiro atoms. The highest BCUT2D eigenvalue weighted by molar-refractivity contribution is 6.01. The zero-order chi connectivity index (χ0) is 14.0. The van der Waals surface area contributed by atoms with Crippen molar-refractivity contribution in [3.8, 4) is 5.75 Å². The summed E-state index contributed by atoms with van der Waals surface area (Å²) < 4.78 is 5.65. The summed E-state index contributed by atoms with van der Waals surface area (Å²) in [7, 11) is 0. The van der Waals surface area contributed by atoms with Gasteiger partial charge in [-0.25, -0.2) is 0 Å². The maximum atomic E-state index is 11.9. The molecule has 5 heteroatoms. The number of benzene rings is 1. The average molecular weight is 262 g/mol. The van der Waals surface area contributed by atoms with E-state index in [1.54, 1.807) is 18.2 Å². The second-order valence-corrected chi connectivity index (χ2v) is 4.94. The number of carbonyl (C=O) groups is 2. The lowest BCUT2D eigenvalue weighted by Crippen LogP contribution is -2.40. The van der Waals surface area contributed by atoms with Crippen LogP contribution in [0.4, 0.5) is 5.69 Å². The Morgan fingerprint density at radius 3 is 2.84 bits per heavy atom. The van der Waals surface area contributed by atoms with Gasteiger partial charge in [-0.05, 0) is 30.7 Å². The molecule has 1 amide bonds. The Balaban J connectivity index is 2.26. The normalized spacial score (nSPS) is 17.7. The fraction of sp³-hybridized carbons (Fsp3) is 0.429. The van der Waals surface area contributed by atoms with Crippen LogP contribution in [0.25, 0.3) is 0 Å². The molecule has 0 saturated heterocycles. The Morgan fingerprint density at radius 2 is 2.21 bits per heavy atom. The molecule has 19 heavy (non-hydrogen) atoms. The Hall–Kier alpha value is -1.88. The van der Waals surface area contributed by atoms with Crippen molar-refractivity contribution in [2.24, 2.45) is 11.7 Å². The van der Waals surface area contributed by atoms with Crippen LogP contribution < -0.4 is 15.8 Å². The van der Waals surface area contributed by atoms with Gasteiger partial charge in [0.2, 0.25) is 0 Å². The maximum Gasteiger partial charge on any atom is 0.265 e. The molecule has 1 unspecified atom stereocenters. The van der Waals surface area contributed by atoms with Gasteiger partial charge in [0.1, 0.15) is 5.75 Å². The molecule has 0 aliphatic carbocycles. The standard InChI is InChI=1S/C14H18N2O3/c1-8(2)13-14(18)16-10-7-9(11(17)5-6-15)3-4-12(10)19-13/h3-4,7-8,13H,5-6,15H2,1-2H3,(H,16,18). The number of ketones is 1. The lowest BCUT2D eigenvalue weighted by atomic mass is 10.0. The van der Waals surface area contributed by atoms with Gasteiger partial charge in [-0.2, -0.15) is 0 Å². The SMILES string of the molecule is CC(C)C1Oc2ccc(C(=O)CCN)cc2NC1=O. The van der Waals surface area contributed by atoms with Gasteiger partial charge in [0.25, 0.3) is 5.91 Å². The van der Waals surface area contributed by atoms with Crippen molar-refractivity contribution >= 4 is 17.4 Å². The van der Waals surface area contributed by atoms with E-state index in [-0.39, 0.29) is 17.6 Å². The molecule has 0 fully saturated rings. The zero-order valence-electron chi connectivity index (χ0n) is 11.1. The Kier molecular flexibility index (Phi) is 3.85. The highest BCUT2D eigenvalue weighted by Crippen LogP contribution is 2.32. The molecule has 1 heterocycles. The van der Waals surface area contributed by atoms with E-state index in [1.807, 2.05) is 13.8 Å². The quantitative estimate of drug-likeness (QED) is 0.807. The second kappa shape index (κ2) is 5.40. The third-order valence-electron chi connectivity index (χ3n) is 3.05. The summed E-state index contributed by atoms with van der Waals surface area (Å²) in [4.78, 5) is 23.6.